The summed E-state index contributed by atoms with van der Waals surface area (Å²) in [6, 6.07) is 2.09. The molecule has 2 rings (SSSR count). The molecule has 1 heterocycles. The van der Waals surface area contributed by atoms with Gasteiger partial charge in [0.2, 0.25) is 0 Å². The average molecular weight is 311 g/mol. The number of carboxylic acids is 1. The highest BCUT2D eigenvalue weighted by molar-refractivity contribution is 6.33. The average Bonchev–Trinajstić information content (AvgIpc) is 2.94. The van der Waals surface area contributed by atoms with Crippen molar-refractivity contribution in [3.05, 3.63) is 22.8 Å². The molecule has 1 aliphatic rings. The molecule has 116 valence electrons. The number of anilines is 1. The third-order valence-corrected chi connectivity index (χ3v) is 4.38. The van der Waals surface area contributed by atoms with Crippen molar-refractivity contribution in [3.63, 3.8) is 0 Å². The smallest absolute Gasteiger partial charge is 0.337 e. The van der Waals surface area contributed by atoms with Gasteiger partial charge in [-0.15, -0.1) is 0 Å². The Balaban J connectivity index is 2.26. The van der Waals surface area contributed by atoms with Crippen LogP contribution in [0.15, 0.2) is 12.3 Å². The first-order chi connectivity index (χ1) is 9.99. The maximum absolute atomic E-state index is 11.3. The van der Waals surface area contributed by atoms with Gasteiger partial charge in [-0.3, -0.25) is 0 Å². The molecule has 0 aliphatic heterocycles. The molecule has 0 aromatic carbocycles. The lowest BCUT2D eigenvalue weighted by atomic mass is 10.1. The van der Waals surface area contributed by atoms with Crippen molar-refractivity contribution in [3.8, 4) is 0 Å². The Labute approximate surface area is 131 Å². The number of nitrogens with zero attached hydrogens (tertiary/aromatic N) is 2. The standard InChI is InChI=1S/C16H23ClN2O2/c1-11(2)7-8-19(12-5-3-4-6-12)15-9-13(16(20)21)14(17)10-18-15/h9-12H,3-8H2,1-2H3,(H,20,21). The van der Waals surface area contributed by atoms with Crippen LogP contribution in [-0.2, 0) is 0 Å². The van der Waals surface area contributed by atoms with Crippen LogP contribution in [0.25, 0.3) is 0 Å². The lowest BCUT2D eigenvalue weighted by molar-refractivity contribution is 0.0697. The molecule has 1 aromatic rings. The molecule has 1 N–H and O–H groups in total. The highest BCUT2D eigenvalue weighted by atomic mass is 35.5. The Bertz CT molecular complexity index is 499. The van der Waals surface area contributed by atoms with Crippen molar-refractivity contribution < 1.29 is 9.90 Å². The van der Waals surface area contributed by atoms with Crippen molar-refractivity contribution in [1.29, 1.82) is 0 Å². The van der Waals surface area contributed by atoms with Crippen LogP contribution in [0.4, 0.5) is 5.82 Å². The van der Waals surface area contributed by atoms with E-state index < -0.39 is 5.97 Å². The van der Waals surface area contributed by atoms with E-state index in [1.165, 1.54) is 19.0 Å². The summed E-state index contributed by atoms with van der Waals surface area (Å²) in [7, 11) is 0. The largest absolute Gasteiger partial charge is 0.478 e. The van der Waals surface area contributed by atoms with E-state index in [-0.39, 0.29) is 10.6 Å². The van der Waals surface area contributed by atoms with Crippen LogP contribution in [0, 0.1) is 5.92 Å². The van der Waals surface area contributed by atoms with Gasteiger partial charge < -0.3 is 10.0 Å². The minimum absolute atomic E-state index is 0.134. The number of hydrogen-bond acceptors (Lipinski definition) is 3. The van der Waals surface area contributed by atoms with E-state index >= 15 is 0 Å². The Morgan fingerprint density at radius 1 is 1.48 bits per heavy atom. The molecule has 0 bridgehead atoms. The SMILES string of the molecule is CC(C)CCN(c1cc(C(=O)O)c(Cl)cn1)C1CCCC1. The Morgan fingerprint density at radius 2 is 2.14 bits per heavy atom. The van der Waals surface area contributed by atoms with Crippen LogP contribution in [-0.4, -0.2) is 28.6 Å². The topological polar surface area (TPSA) is 53.4 Å². The second-order valence-corrected chi connectivity index (χ2v) is 6.55. The molecule has 0 spiro atoms. The molecule has 0 saturated heterocycles. The zero-order valence-electron chi connectivity index (χ0n) is 12.7. The van der Waals surface area contributed by atoms with Crippen LogP contribution >= 0.6 is 11.6 Å². The number of hydrogen-bond donors (Lipinski definition) is 1. The van der Waals surface area contributed by atoms with E-state index in [9.17, 15) is 9.90 Å². The molecule has 1 saturated carbocycles. The molecule has 1 fully saturated rings. The summed E-state index contributed by atoms with van der Waals surface area (Å²) >= 11 is 5.92. The zero-order valence-corrected chi connectivity index (χ0v) is 13.4. The molecule has 0 amide bonds. The molecular formula is C16H23ClN2O2. The molecule has 1 aromatic heterocycles. The van der Waals surface area contributed by atoms with Crippen LogP contribution in [0.3, 0.4) is 0 Å². The summed E-state index contributed by atoms with van der Waals surface area (Å²) in [6.07, 6.45) is 7.32. The first-order valence-corrected chi connectivity index (χ1v) is 8.02. The van der Waals surface area contributed by atoms with Gasteiger partial charge in [0, 0.05) is 18.8 Å². The van der Waals surface area contributed by atoms with Gasteiger partial charge in [0.1, 0.15) is 5.82 Å². The van der Waals surface area contributed by atoms with E-state index in [2.05, 4.69) is 23.7 Å². The summed E-state index contributed by atoms with van der Waals surface area (Å²) < 4.78 is 0. The minimum Gasteiger partial charge on any atom is -0.478 e. The number of rotatable bonds is 6. The van der Waals surface area contributed by atoms with Gasteiger partial charge in [0.05, 0.1) is 10.6 Å². The summed E-state index contributed by atoms with van der Waals surface area (Å²) in [4.78, 5) is 17.9. The number of carbonyl (C=O) groups is 1. The maximum atomic E-state index is 11.3. The molecule has 0 radical (unpaired) electrons. The lowest BCUT2D eigenvalue weighted by Gasteiger charge is -2.31. The van der Waals surface area contributed by atoms with Gasteiger partial charge in [-0.1, -0.05) is 38.3 Å². The summed E-state index contributed by atoms with van der Waals surface area (Å²) in [5.74, 6) is 0.350. The Hall–Kier alpha value is -1.29. The summed E-state index contributed by atoms with van der Waals surface area (Å²) in [5, 5.41) is 9.42. The van der Waals surface area contributed by atoms with Crippen LogP contribution in [0.2, 0.25) is 5.02 Å². The van der Waals surface area contributed by atoms with Gasteiger partial charge in [0.25, 0.3) is 0 Å². The highest BCUT2D eigenvalue weighted by Gasteiger charge is 2.25. The minimum atomic E-state index is -1.00. The van der Waals surface area contributed by atoms with Crippen molar-refractivity contribution in [2.75, 3.05) is 11.4 Å². The van der Waals surface area contributed by atoms with E-state index in [0.717, 1.165) is 31.6 Å². The maximum Gasteiger partial charge on any atom is 0.337 e. The number of halogens is 1. The third kappa shape index (κ3) is 4.10. The summed E-state index contributed by atoms with van der Waals surface area (Å²) in [6.45, 7) is 5.31. The van der Waals surface area contributed by atoms with Gasteiger partial charge in [-0.2, -0.15) is 0 Å². The second kappa shape index (κ2) is 7.12. The first-order valence-electron chi connectivity index (χ1n) is 7.64. The number of aromatic nitrogens is 1. The molecule has 0 atom stereocenters. The van der Waals surface area contributed by atoms with Gasteiger partial charge in [-0.05, 0) is 31.2 Å². The van der Waals surface area contributed by atoms with E-state index in [4.69, 9.17) is 11.6 Å². The fourth-order valence-electron chi connectivity index (χ4n) is 2.85. The number of pyridine rings is 1. The van der Waals surface area contributed by atoms with Crippen molar-refractivity contribution in [2.24, 2.45) is 5.92 Å². The predicted molar refractivity (Wildman–Crippen MR) is 85.3 cm³/mol. The molecule has 21 heavy (non-hydrogen) atoms. The van der Waals surface area contributed by atoms with Crippen molar-refractivity contribution in [2.45, 2.75) is 52.0 Å². The first kappa shape index (κ1) is 16.1. The highest BCUT2D eigenvalue weighted by Crippen LogP contribution is 2.29. The summed E-state index contributed by atoms with van der Waals surface area (Å²) in [5.41, 5.74) is 0.134. The zero-order chi connectivity index (χ0) is 15.4. The lowest BCUT2D eigenvalue weighted by Crippen LogP contribution is -2.35. The van der Waals surface area contributed by atoms with Crippen LogP contribution in [0.5, 0.6) is 0 Å². The van der Waals surface area contributed by atoms with Gasteiger partial charge >= 0.3 is 5.97 Å². The Morgan fingerprint density at radius 3 is 2.71 bits per heavy atom. The third-order valence-electron chi connectivity index (χ3n) is 4.08. The van der Waals surface area contributed by atoms with Gasteiger partial charge in [0.15, 0.2) is 0 Å². The number of carboxylic acid groups (broad SMARTS) is 1. The fourth-order valence-corrected chi connectivity index (χ4v) is 3.03. The molecule has 1 aliphatic carbocycles. The second-order valence-electron chi connectivity index (χ2n) is 6.14. The fraction of sp³-hybridized carbons (Fsp3) is 0.625. The van der Waals surface area contributed by atoms with E-state index in [0.29, 0.717) is 12.0 Å². The van der Waals surface area contributed by atoms with Crippen LogP contribution < -0.4 is 4.90 Å². The molecule has 0 unspecified atom stereocenters. The van der Waals surface area contributed by atoms with Crippen molar-refractivity contribution >= 4 is 23.4 Å². The quantitative estimate of drug-likeness (QED) is 0.854. The van der Waals surface area contributed by atoms with E-state index in [1.807, 2.05) is 0 Å². The molecule has 5 heteroatoms. The molecule has 4 nitrogen and oxygen atoms in total. The normalized spacial score (nSPS) is 15.6. The molecular weight excluding hydrogens is 288 g/mol. The number of aromatic carboxylic acids is 1. The van der Waals surface area contributed by atoms with Gasteiger partial charge in [-0.25, -0.2) is 9.78 Å². The predicted octanol–water partition coefficient (Wildman–Crippen LogP) is 4.23. The Kier molecular flexibility index (Phi) is 5.45. The van der Waals surface area contributed by atoms with Crippen molar-refractivity contribution in [1.82, 2.24) is 4.98 Å². The van der Waals surface area contributed by atoms with E-state index in [1.54, 1.807) is 6.07 Å². The monoisotopic (exact) mass is 310 g/mol. The van der Waals surface area contributed by atoms with Crippen LogP contribution in [0.1, 0.15) is 56.3 Å².